The van der Waals surface area contributed by atoms with Crippen LogP contribution in [-0.2, 0) is 0 Å². The summed E-state index contributed by atoms with van der Waals surface area (Å²) in [4.78, 5) is 0. The van der Waals surface area contributed by atoms with Gasteiger partial charge in [0, 0.05) is 10.2 Å². The zero-order valence-electron chi connectivity index (χ0n) is 10.2. The minimum Gasteiger partial charge on any atom is -0.377 e. The van der Waals surface area contributed by atoms with Gasteiger partial charge < -0.3 is 5.32 Å². The van der Waals surface area contributed by atoms with Crippen LogP contribution in [0.4, 0.5) is 10.1 Å². The van der Waals surface area contributed by atoms with E-state index >= 15 is 0 Å². The summed E-state index contributed by atoms with van der Waals surface area (Å²) in [5.41, 5.74) is 2.14. The Morgan fingerprint density at radius 3 is 2.39 bits per heavy atom. The summed E-state index contributed by atoms with van der Waals surface area (Å²) in [7, 11) is 0. The molecule has 0 radical (unpaired) electrons. The maximum absolute atomic E-state index is 12.9. The van der Waals surface area contributed by atoms with Crippen LogP contribution in [0.1, 0.15) is 24.9 Å². The lowest BCUT2D eigenvalue weighted by atomic mass is 10.0. The molecule has 1 atom stereocenters. The molecule has 0 aromatic heterocycles. The fourth-order valence-electron chi connectivity index (χ4n) is 1.88. The van der Waals surface area contributed by atoms with Crippen LogP contribution in [0.25, 0.3) is 0 Å². The summed E-state index contributed by atoms with van der Waals surface area (Å²) in [5, 5.41) is 3.46. The van der Waals surface area contributed by atoms with E-state index in [1.165, 1.54) is 12.1 Å². The van der Waals surface area contributed by atoms with Gasteiger partial charge in [0.2, 0.25) is 0 Å². The fraction of sp³-hybridized carbons (Fsp3) is 0.200. The van der Waals surface area contributed by atoms with Gasteiger partial charge in [-0.15, -0.1) is 0 Å². The van der Waals surface area contributed by atoms with Gasteiger partial charge in [-0.1, -0.05) is 31.2 Å². The molecule has 0 aliphatic heterocycles. The summed E-state index contributed by atoms with van der Waals surface area (Å²) in [6.45, 7) is 2.11. The third kappa shape index (κ3) is 3.10. The molecule has 0 aliphatic carbocycles. The lowest BCUT2D eigenvalue weighted by molar-refractivity contribution is 0.625. The maximum atomic E-state index is 12.9. The lowest BCUT2D eigenvalue weighted by Gasteiger charge is -2.19. The number of anilines is 1. The Bertz CT molecular complexity index is 510. The monoisotopic (exact) mass is 307 g/mol. The Morgan fingerprint density at radius 2 is 1.78 bits per heavy atom. The fourth-order valence-corrected chi connectivity index (χ4v) is 2.28. The summed E-state index contributed by atoms with van der Waals surface area (Å²) in [6, 6.07) is 14.8. The molecule has 0 spiro atoms. The van der Waals surface area contributed by atoms with E-state index in [9.17, 15) is 4.39 Å². The molecule has 0 aliphatic rings. The molecule has 0 heterocycles. The minimum atomic E-state index is -0.200. The van der Waals surface area contributed by atoms with E-state index < -0.39 is 0 Å². The van der Waals surface area contributed by atoms with E-state index in [-0.39, 0.29) is 11.9 Å². The van der Waals surface area contributed by atoms with Gasteiger partial charge >= 0.3 is 0 Å². The molecule has 0 amide bonds. The summed E-state index contributed by atoms with van der Waals surface area (Å²) >= 11 is 3.52. The first-order valence-corrected chi connectivity index (χ1v) is 6.76. The summed E-state index contributed by atoms with van der Waals surface area (Å²) in [6.07, 6.45) is 0.937. The van der Waals surface area contributed by atoms with Gasteiger partial charge in [0.05, 0.1) is 6.04 Å². The number of nitrogens with one attached hydrogen (secondary N) is 1. The van der Waals surface area contributed by atoms with Gasteiger partial charge in [-0.25, -0.2) is 4.39 Å². The van der Waals surface area contributed by atoms with Crippen molar-refractivity contribution in [2.45, 2.75) is 19.4 Å². The maximum Gasteiger partial charge on any atom is 0.123 e. The van der Waals surface area contributed by atoms with Crippen LogP contribution in [0.5, 0.6) is 0 Å². The van der Waals surface area contributed by atoms with E-state index in [4.69, 9.17) is 0 Å². The van der Waals surface area contributed by atoms with Crippen LogP contribution in [0, 0.1) is 5.82 Å². The normalized spacial score (nSPS) is 12.2. The quantitative estimate of drug-likeness (QED) is 0.823. The molecule has 94 valence electrons. The first kappa shape index (κ1) is 13.1. The highest BCUT2D eigenvalue weighted by Crippen LogP contribution is 2.27. The van der Waals surface area contributed by atoms with Gasteiger partial charge in [0.25, 0.3) is 0 Å². The Kier molecular flexibility index (Phi) is 4.37. The molecule has 3 heteroatoms. The Labute approximate surface area is 115 Å². The van der Waals surface area contributed by atoms with Crippen LogP contribution in [-0.4, -0.2) is 0 Å². The van der Waals surface area contributed by atoms with Crippen molar-refractivity contribution in [3.05, 3.63) is 64.4 Å². The Morgan fingerprint density at radius 1 is 1.11 bits per heavy atom. The van der Waals surface area contributed by atoms with Gasteiger partial charge in [-0.3, -0.25) is 0 Å². The second kappa shape index (κ2) is 6.01. The van der Waals surface area contributed by atoms with Crippen LogP contribution in [0.15, 0.2) is 53.0 Å². The molecule has 0 fully saturated rings. The second-order valence-electron chi connectivity index (χ2n) is 4.14. The van der Waals surface area contributed by atoms with Crippen molar-refractivity contribution < 1.29 is 4.39 Å². The van der Waals surface area contributed by atoms with E-state index in [1.807, 2.05) is 36.4 Å². The van der Waals surface area contributed by atoms with Gasteiger partial charge in [0.15, 0.2) is 0 Å². The standard InChI is InChI=1S/C15H15BrFN/c1-2-14(11-7-9-12(17)10-8-11)18-15-6-4-3-5-13(15)16/h3-10,14,18H,2H2,1H3. The van der Waals surface area contributed by atoms with Crippen molar-refractivity contribution in [3.8, 4) is 0 Å². The predicted molar refractivity (Wildman–Crippen MR) is 77.2 cm³/mol. The van der Waals surface area contributed by atoms with Crippen LogP contribution in [0.3, 0.4) is 0 Å². The highest BCUT2D eigenvalue weighted by atomic mass is 79.9. The molecular weight excluding hydrogens is 293 g/mol. The molecule has 18 heavy (non-hydrogen) atoms. The van der Waals surface area contributed by atoms with Gasteiger partial charge in [-0.05, 0) is 52.2 Å². The highest BCUT2D eigenvalue weighted by molar-refractivity contribution is 9.10. The molecule has 2 aromatic carbocycles. The molecule has 1 N–H and O–H groups in total. The number of hydrogen-bond acceptors (Lipinski definition) is 1. The van der Waals surface area contributed by atoms with Crippen molar-refractivity contribution >= 4 is 21.6 Å². The van der Waals surface area contributed by atoms with Crippen LogP contribution in [0.2, 0.25) is 0 Å². The molecule has 1 unspecified atom stereocenters. The average molecular weight is 308 g/mol. The molecule has 0 saturated heterocycles. The second-order valence-corrected chi connectivity index (χ2v) is 4.99. The zero-order valence-corrected chi connectivity index (χ0v) is 11.7. The summed E-state index contributed by atoms with van der Waals surface area (Å²) in [5.74, 6) is -0.200. The van der Waals surface area contributed by atoms with Crippen molar-refractivity contribution in [1.82, 2.24) is 0 Å². The summed E-state index contributed by atoms with van der Waals surface area (Å²) < 4.78 is 14.0. The smallest absolute Gasteiger partial charge is 0.123 e. The van der Waals surface area contributed by atoms with Crippen molar-refractivity contribution in [1.29, 1.82) is 0 Å². The van der Waals surface area contributed by atoms with Gasteiger partial charge in [0.1, 0.15) is 5.82 Å². The van der Waals surface area contributed by atoms with Crippen molar-refractivity contribution in [2.75, 3.05) is 5.32 Å². The zero-order chi connectivity index (χ0) is 13.0. The molecule has 2 rings (SSSR count). The van der Waals surface area contributed by atoms with E-state index in [0.717, 1.165) is 22.1 Å². The third-order valence-corrected chi connectivity index (χ3v) is 3.58. The number of rotatable bonds is 4. The molecule has 0 bridgehead atoms. The molecular formula is C15H15BrFN. The van der Waals surface area contributed by atoms with E-state index in [2.05, 4.69) is 28.2 Å². The first-order valence-electron chi connectivity index (χ1n) is 5.97. The SMILES string of the molecule is CCC(Nc1ccccc1Br)c1ccc(F)cc1. The average Bonchev–Trinajstić information content (AvgIpc) is 2.39. The third-order valence-electron chi connectivity index (χ3n) is 2.88. The largest absolute Gasteiger partial charge is 0.377 e. The Hall–Kier alpha value is -1.35. The topological polar surface area (TPSA) is 12.0 Å². The van der Waals surface area contributed by atoms with E-state index in [1.54, 1.807) is 0 Å². The molecule has 0 saturated carbocycles. The van der Waals surface area contributed by atoms with Crippen LogP contribution < -0.4 is 5.32 Å². The Balaban J connectivity index is 2.20. The number of para-hydroxylation sites is 1. The van der Waals surface area contributed by atoms with Gasteiger partial charge in [-0.2, -0.15) is 0 Å². The van der Waals surface area contributed by atoms with Crippen molar-refractivity contribution in [2.24, 2.45) is 0 Å². The van der Waals surface area contributed by atoms with Crippen molar-refractivity contribution in [3.63, 3.8) is 0 Å². The number of benzene rings is 2. The number of hydrogen-bond donors (Lipinski definition) is 1. The number of halogens is 2. The first-order chi connectivity index (χ1) is 8.70. The highest BCUT2D eigenvalue weighted by Gasteiger charge is 2.10. The predicted octanol–water partition coefficient (Wildman–Crippen LogP) is 5.15. The lowest BCUT2D eigenvalue weighted by Crippen LogP contribution is -2.10. The van der Waals surface area contributed by atoms with Crippen LogP contribution >= 0.6 is 15.9 Å². The van der Waals surface area contributed by atoms with E-state index in [0.29, 0.717) is 0 Å². The molecule has 2 aromatic rings. The minimum absolute atomic E-state index is 0.185. The molecule has 1 nitrogen and oxygen atoms in total.